The largest absolute Gasteiger partial charge is 0.493 e. The minimum Gasteiger partial charge on any atom is -0.493 e. The molecule has 1 aliphatic carbocycles. The Morgan fingerprint density at radius 3 is 2.63 bits per heavy atom. The van der Waals surface area contributed by atoms with Gasteiger partial charge in [0, 0.05) is 23.7 Å². The third-order valence-corrected chi connectivity index (χ3v) is 3.92. The van der Waals surface area contributed by atoms with Crippen LogP contribution in [0.25, 0.3) is 0 Å². The number of rotatable bonds is 6. The molecule has 4 heteroatoms. The number of hydrogen-bond donors (Lipinski definition) is 1. The van der Waals surface area contributed by atoms with Crippen molar-refractivity contribution in [3.8, 4) is 11.5 Å². The van der Waals surface area contributed by atoms with Crippen LogP contribution >= 0.6 is 11.6 Å². The van der Waals surface area contributed by atoms with Crippen LogP contribution < -0.4 is 14.8 Å². The van der Waals surface area contributed by atoms with Gasteiger partial charge in [0.15, 0.2) is 11.5 Å². The van der Waals surface area contributed by atoms with Crippen LogP contribution in [-0.4, -0.2) is 19.8 Å². The highest BCUT2D eigenvalue weighted by molar-refractivity contribution is 6.31. The van der Waals surface area contributed by atoms with E-state index in [0.717, 1.165) is 22.9 Å². The first-order chi connectivity index (χ1) is 9.24. The molecule has 0 unspecified atom stereocenters. The van der Waals surface area contributed by atoms with Crippen molar-refractivity contribution < 1.29 is 9.47 Å². The van der Waals surface area contributed by atoms with Gasteiger partial charge in [-0.25, -0.2) is 0 Å². The molecule has 0 atom stereocenters. The van der Waals surface area contributed by atoms with Crippen molar-refractivity contribution in [1.82, 2.24) is 5.32 Å². The van der Waals surface area contributed by atoms with Gasteiger partial charge in [0.25, 0.3) is 0 Å². The van der Waals surface area contributed by atoms with Gasteiger partial charge in [-0.1, -0.05) is 24.4 Å². The summed E-state index contributed by atoms with van der Waals surface area (Å²) in [6, 6.07) is 4.44. The molecule has 0 radical (unpaired) electrons. The number of methoxy groups -OCH3 is 1. The molecule has 0 amide bonds. The third-order valence-electron chi connectivity index (χ3n) is 3.57. The molecule has 0 spiro atoms. The zero-order chi connectivity index (χ0) is 13.7. The van der Waals surface area contributed by atoms with Crippen molar-refractivity contribution in [2.75, 3.05) is 13.7 Å². The second-order valence-electron chi connectivity index (χ2n) is 4.89. The third kappa shape index (κ3) is 3.77. The maximum absolute atomic E-state index is 6.29. The van der Waals surface area contributed by atoms with Crippen LogP contribution in [0.1, 0.15) is 38.2 Å². The molecule has 0 heterocycles. The first-order valence-corrected chi connectivity index (χ1v) is 7.35. The van der Waals surface area contributed by atoms with Gasteiger partial charge in [0.05, 0.1) is 13.7 Å². The van der Waals surface area contributed by atoms with E-state index < -0.39 is 0 Å². The van der Waals surface area contributed by atoms with Gasteiger partial charge in [0.1, 0.15) is 0 Å². The smallest absolute Gasteiger partial charge is 0.162 e. The van der Waals surface area contributed by atoms with E-state index in [0.29, 0.717) is 18.4 Å². The Morgan fingerprint density at radius 2 is 2.00 bits per heavy atom. The summed E-state index contributed by atoms with van der Waals surface area (Å²) >= 11 is 6.29. The fourth-order valence-electron chi connectivity index (χ4n) is 2.52. The predicted molar refractivity (Wildman–Crippen MR) is 78.3 cm³/mol. The van der Waals surface area contributed by atoms with E-state index in [-0.39, 0.29) is 0 Å². The molecule has 106 valence electrons. The average Bonchev–Trinajstić information content (AvgIpc) is 2.92. The monoisotopic (exact) mass is 283 g/mol. The quantitative estimate of drug-likeness (QED) is 0.862. The molecule has 0 bridgehead atoms. The first kappa shape index (κ1) is 14.5. The van der Waals surface area contributed by atoms with E-state index in [1.165, 1.54) is 25.7 Å². The SMILES string of the molecule is CCOc1cc(CNC2CCCC2)c(Cl)cc1OC. The molecule has 0 saturated heterocycles. The zero-order valence-corrected chi connectivity index (χ0v) is 12.4. The standard InChI is InChI=1S/C15H22ClNO2/c1-3-19-15-8-11(13(16)9-14(15)18-2)10-17-12-6-4-5-7-12/h8-9,12,17H,3-7,10H2,1-2H3. The summed E-state index contributed by atoms with van der Waals surface area (Å²) in [5.74, 6) is 1.45. The summed E-state index contributed by atoms with van der Waals surface area (Å²) in [5, 5.41) is 4.29. The van der Waals surface area contributed by atoms with Crippen molar-refractivity contribution in [3.63, 3.8) is 0 Å². The van der Waals surface area contributed by atoms with Crippen LogP contribution in [0.5, 0.6) is 11.5 Å². The number of benzene rings is 1. The van der Waals surface area contributed by atoms with Crippen molar-refractivity contribution in [2.24, 2.45) is 0 Å². The molecule has 0 aromatic heterocycles. The summed E-state index contributed by atoms with van der Waals surface area (Å²) in [6.45, 7) is 3.37. The number of nitrogens with one attached hydrogen (secondary N) is 1. The van der Waals surface area contributed by atoms with Gasteiger partial charge in [-0.3, -0.25) is 0 Å². The van der Waals surface area contributed by atoms with Crippen LogP contribution in [0.4, 0.5) is 0 Å². The topological polar surface area (TPSA) is 30.5 Å². The Hall–Kier alpha value is -0.930. The van der Waals surface area contributed by atoms with E-state index in [1.54, 1.807) is 7.11 Å². The van der Waals surface area contributed by atoms with Crippen molar-refractivity contribution in [1.29, 1.82) is 0 Å². The lowest BCUT2D eigenvalue weighted by Crippen LogP contribution is -2.25. The number of ether oxygens (including phenoxy) is 2. The molecule has 1 aromatic carbocycles. The molecule has 1 aromatic rings. The summed E-state index contributed by atoms with van der Waals surface area (Å²) < 4.78 is 10.9. The maximum atomic E-state index is 6.29. The maximum Gasteiger partial charge on any atom is 0.162 e. The van der Waals surface area contributed by atoms with E-state index in [4.69, 9.17) is 21.1 Å². The highest BCUT2D eigenvalue weighted by Crippen LogP contribution is 2.33. The Kier molecular flexibility index (Phi) is 5.34. The molecule has 1 saturated carbocycles. The van der Waals surface area contributed by atoms with E-state index in [2.05, 4.69) is 5.32 Å². The molecule has 1 N–H and O–H groups in total. The molecule has 2 rings (SSSR count). The Balaban J connectivity index is 2.07. The number of hydrogen-bond acceptors (Lipinski definition) is 3. The fourth-order valence-corrected chi connectivity index (χ4v) is 2.75. The van der Waals surface area contributed by atoms with Crippen LogP contribution in [0.15, 0.2) is 12.1 Å². The Labute approximate surface area is 120 Å². The normalized spacial score (nSPS) is 15.7. The molecule has 1 fully saturated rings. The summed E-state index contributed by atoms with van der Waals surface area (Å²) in [7, 11) is 1.63. The molecule has 1 aliphatic rings. The Morgan fingerprint density at radius 1 is 1.26 bits per heavy atom. The second kappa shape index (κ2) is 7.01. The van der Waals surface area contributed by atoms with E-state index in [9.17, 15) is 0 Å². The lowest BCUT2D eigenvalue weighted by Gasteiger charge is -2.15. The molecule has 0 aliphatic heterocycles. The summed E-state index contributed by atoms with van der Waals surface area (Å²) in [4.78, 5) is 0. The zero-order valence-electron chi connectivity index (χ0n) is 11.7. The molecule has 3 nitrogen and oxygen atoms in total. The Bertz CT molecular complexity index is 417. The minimum atomic E-state index is 0.619. The molecule has 19 heavy (non-hydrogen) atoms. The van der Waals surface area contributed by atoms with Crippen molar-refractivity contribution in [3.05, 3.63) is 22.7 Å². The van der Waals surface area contributed by atoms with E-state index >= 15 is 0 Å². The second-order valence-corrected chi connectivity index (χ2v) is 5.30. The predicted octanol–water partition coefficient (Wildman–Crippen LogP) is 3.78. The van der Waals surface area contributed by atoms with Crippen LogP contribution in [0.3, 0.4) is 0 Å². The first-order valence-electron chi connectivity index (χ1n) is 6.97. The van der Waals surface area contributed by atoms with Gasteiger partial charge < -0.3 is 14.8 Å². The van der Waals surface area contributed by atoms with Gasteiger partial charge in [-0.05, 0) is 31.4 Å². The highest BCUT2D eigenvalue weighted by atomic mass is 35.5. The van der Waals surface area contributed by atoms with E-state index in [1.807, 2.05) is 19.1 Å². The molecular weight excluding hydrogens is 262 g/mol. The van der Waals surface area contributed by atoms with Gasteiger partial charge >= 0.3 is 0 Å². The van der Waals surface area contributed by atoms with Crippen LogP contribution in [0.2, 0.25) is 5.02 Å². The van der Waals surface area contributed by atoms with Gasteiger partial charge in [0.2, 0.25) is 0 Å². The highest BCUT2D eigenvalue weighted by Gasteiger charge is 2.16. The van der Waals surface area contributed by atoms with Crippen LogP contribution in [0, 0.1) is 0 Å². The summed E-state index contributed by atoms with van der Waals surface area (Å²) in [5.41, 5.74) is 1.07. The van der Waals surface area contributed by atoms with Crippen LogP contribution in [-0.2, 0) is 6.54 Å². The fraction of sp³-hybridized carbons (Fsp3) is 0.600. The van der Waals surface area contributed by atoms with Gasteiger partial charge in [-0.2, -0.15) is 0 Å². The minimum absolute atomic E-state index is 0.619. The average molecular weight is 284 g/mol. The summed E-state index contributed by atoms with van der Waals surface area (Å²) in [6.07, 6.45) is 5.20. The van der Waals surface area contributed by atoms with Crippen molar-refractivity contribution in [2.45, 2.75) is 45.2 Å². The lowest BCUT2D eigenvalue weighted by molar-refractivity contribution is 0.310. The van der Waals surface area contributed by atoms with Crippen molar-refractivity contribution >= 4 is 11.6 Å². The molecular formula is C15H22ClNO2. The van der Waals surface area contributed by atoms with Gasteiger partial charge in [-0.15, -0.1) is 0 Å². The lowest BCUT2D eigenvalue weighted by atomic mass is 10.1. The number of halogens is 1.